The van der Waals surface area contributed by atoms with E-state index in [1.807, 2.05) is 0 Å². The second-order valence-corrected chi connectivity index (χ2v) is 6.20. The quantitative estimate of drug-likeness (QED) is 0.554. The highest BCUT2D eigenvalue weighted by molar-refractivity contribution is 9.10. The van der Waals surface area contributed by atoms with E-state index in [2.05, 4.69) is 20.9 Å². The fourth-order valence-electron chi connectivity index (χ4n) is 2.27. The fraction of sp³-hybridized carbons (Fsp3) is 0.133. The predicted octanol–water partition coefficient (Wildman–Crippen LogP) is 5.37. The molecule has 6 heteroatoms. The fourth-order valence-corrected chi connectivity index (χ4v) is 2.75. The zero-order valence-corrected chi connectivity index (χ0v) is 13.3. The van der Waals surface area contributed by atoms with Crippen molar-refractivity contribution in [2.75, 3.05) is 0 Å². The Balaban J connectivity index is 2.39. The summed E-state index contributed by atoms with van der Waals surface area (Å²) in [4.78, 5) is 4.23. The van der Waals surface area contributed by atoms with E-state index in [-0.39, 0.29) is 11.2 Å². The van der Waals surface area contributed by atoms with E-state index in [0.717, 1.165) is 0 Å². The summed E-state index contributed by atoms with van der Waals surface area (Å²) in [5.41, 5.74) is 0.954. The molecular weight excluding hydrogens is 362 g/mol. The highest BCUT2D eigenvalue weighted by Crippen LogP contribution is 2.31. The first-order chi connectivity index (χ1) is 9.99. The molecule has 3 rings (SSSR count). The van der Waals surface area contributed by atoms with Gasteiger partial charge in [0.15, 0.2) is 5.82 Å². The minimum Gasteiger partial charge on any atom is -0.292 e. The molecule has 0 saturated carbocycles. The molecule has 21 heavy (non-hydrogen) atoms. The molecule has 0 radical (unpaired) electrons. The number of alkyl halides is 1. The van der Waals surface area contributed by atoms with Gasteiger partial charge in [0.1, 0.15) is 17.2 Å². The van der Waals surface area contributed by atoms with Crippen LogP contribution in [0.2, 0.25) is 0 Å². The number of aromatic nitrogens is 2. The summed E-state index contributed by atoms with van der Waals surface area (Å²) in [6.07, 6.45) is 0. The molecule has 2 aromatic carbocycles. The lowest BCUT2D eigenvalue weighted by Crippen LogP contribution is -2.04. The number of fused-ring (bicyclic) bond motifs is 1. The third-order valence-corrected chi connectivity index (χ3v) is 3.86. The molecule has 0 aliphatic heterocycles. The molecular formula is C15H10BrClF2N2. The van der Waals surface area contributed by atoms with Crippen LogP contribution in [0.1, 0.15) is 18.1 Å². The van der Waals surface area contributed by atoms with Crippen LogP contribution in [0.25, 0.3) is 16.7 Å². The lowest BCUT2D eigenvalue weighted by atomic mass is 10.2. The maximum atomic E-state index is 14.3. The van der Waals surface area contributed by atoms with Crippen molar-refractivity contribution in [1.82, 2.24) is 9.55 Å². The van der Waals surface area contributed by atoms with E-state index in [9.17, 15) is 8.78 Å². The molecule has 1 unspecified atom stereocenters. The molecule has 0 fully saturated rings. The first-order valence-electron chi connectivity index (χ1n) is 6.25. The highest BCUT2D eigenvalue weighted by atomic mass is 79.9. The van der Waals surface area contributed by atoms with Gasteiger partial charge in [0.2, 0.25) is 0 Å². The van der Waals surface area contributed by atoms with Crippen molar-refractivity contribution < 1.29 is 8.78 Å². The van der Waals surface area contributed by atoms with Crippen molar-refractivity contribution in [1.29, 1.82) is 0 Å². The zero-order chi connectivity index (χ0) is 15.1. The number of imidazole rings is 1. The number of hydrogen-bond donors (Lipinski definition) is 0. The van der Waals surface area contributed by atoms with Crippen LogP contribution in [0.5, 0.6) is 0 Å². The molecule has 0 bridgehead atoms. The molecule has 0 saturated heterocycles. The second-order valence-electron chi connectivity index (χ2n) is 4.62. The minimum atomic E-state index is -0.486. The van der Waals surface area contributed by atoms with E-state index >= 15 is 0 Å². The van der Waals surface area contributed by atoms with Crippen LogP contribution in [-0.4, -0.2) is 9.55 Å². The van der Waals surface area contributed by atoms with Crippen LogP contribution in [0.4, 0.5) is 8.78 Å². The maximum absolute atomic E-state index is 14.3. The van der Waals surface area contributed by atoms with Crippen molar-refractivity contribution in [3.05, 3.63) is 58.3 Å². The summed E-state index contributed by atoms with van der Waals surface area (Å²) in [6, 6.07) is 9.24. The summed E-state index contributed by atoms with van der Waals surface area (Å²) in [6.45, 7) is 1.72. The van der Waals surface area contributed by atoms with Crippen LogP contribution >= 0.6 is 27.5 Å². The Morgan fingerprint density at radius 1 is 1.19 bits per heavy atom. The zero-order valence-electron chi connectivity index (χ0n) is 10.9. The smallest absolute Gasteiger partial charge is 0.151 e. The van der Waals surface area contributed by atoms with Crippen molar-refractivity contribution in [3.63, 3.8) is 0 Å². The number of hydrogen-bond acceptors (Lipinski definition) is 1. The molecule has 1 atom stereocenters. The van der Waals surface area contributed by atoms with Gasteiger partial charge < -0.3 is 0 Å². The second kappa shape index (κ2) is 5.39. The van der Waals surface area contributed by atoms with E-state index in [0.29, 0.717) is 15.8 Å². The summed E-state index contributed by atoms with van der Waals surface area (Å²) in [7, 11) is 0. The summed E-state index contributed by atoms with van der Waals surface area (Å²) >= 11 is 9.35. The van der Waals surface area contributed by atoms with Gasteiger partial charge in [0.05, 0.1) is 16.6 Å². The monoisotopic (exact) mass is 370 g/mol. The Kier molecular flexibility index (Phi) is 3.71. The molecule has 1 aromatic heterocycles. The standard InChI is InChI=1S/C15H10BrClF2N2/c1-8(17)15-20-14-10(18)3-2-4-13(14)21(15)12-6-5-9(16)7-11(12)19/h2-8H,1H3. The van der Waals surface area contributed by atoms with Gasteiger partial charge in [-0.05, 0) is 37.3 Å². The van der Waals surface area contributed by atoms with E-state index in [4.69, 9.17) is 11.6 Å². The minimum absolute atomic E-state index is 0.183. The maximum Gasteiger partial charge on any atom is 0.151 e. The van der Waals surface area contributed by atoms with Crippen molar-refractivity contribution in [2.45, 2.75) is 12.3 Å². The topological polar surface area (TPSA) is 17.8 Å². The van der Waals surface area contributed by atoms with Gasteiger partial charge in [-0.15, -0.1) is 11.6 Å². The largest absolute Gasteiger partial charge is 0.292 e. The van der Waals surface area contributed by atoms with Crippen molar-refractivity contribution >= 4 is 38.6 Å². The molecule has 0 aliphatic carbocycles. The summed E-state index contributed by atoms with van der Waals surface area (Å²) < 4.78 is 30.4. The molecule has 1 heterocycles. The molecule has 0 aliphatic rings. The molecule has 108 valence electrons. The normalized spacial score (nSPS) is 12.8. The number of benzene rings is 2. The third-order valence-electron chi connectivity index (χ3n) is 3.17. The van der Waals surface area contributed by atoms with Crippen molar-refractivity contribution in [2.24, 2.45) is 0 Å². The lowest BCUT2D eigenvalue weighted by molar-refractivity contribution is 0.615. The van der Waals surface area contributed by atoms with Gasteiger partial charge in [-0.1, -0.05) is 22.0 Å². The number of nitrogens with zero attached hydrogens (tertiary/aromatic N) is 2. The van der Waals surface area contributed by atoms with Crippen LogP contribution < -0.4 is 0 Å². The van der Waals surface area contributed by atoms with Gasteiger partial charge in [0, 0.05) is 4.47 Å². The Morgan fingerprint density at radius 3 is 2.62 bits per heavy atom. The highest BCUT2D eigenvalue weighted by Gasteiger charge is 2.20. The summed E-state index contributed by atoms with van der Waals surface area (Å²) in [5, 5.41) is -0.486. The van der Waals surface area contributed by atoms with Crippen LogP contribution in [0, 0.1) is 11.6 Å². The molecule has 3 aromatic rings. The van der Waals surface area contributed by atoms with E-state index in [1.54, 1.807) is 35.8 Å². The van der Waals surface area contributed by atoms with Crippen LogP contribution in [-0.2, 0) is 0 Å². The molecule has 0 spiro atoms. The van der Waals surface area contributed by atoms with Gasteiger partial charge in [-0.3, -0.25) is 4.57 Å². The van der Waals surface area contributed by atoms with Gasteiger partial charge in [-0.25, -0.2) is 13.8 Å². The average Bonchev–Trinajstić information content (AvgIpc) is 2.80. The third kappa shape index (κ3) is 2.45. The van der Waals surface area contributed by atoms with Gasteiger partial charge in [-0.2, -0.15) is 0 Å². The van der Waals surface area contributed by atoms with Gasteiger partial charge in [0.25, 0.3) is 0 Å². The first kappa shape index (κ1) is 14.5. The van der Waals surface area contributed by atoms with Gasteiger partial charge >= 0.3 is 0 Å². The molecule has 0 amide bonds. The van der Waals surface area contributed by atoms with Crippen molar-refractivity contribution in [3.8, 4) is 5.69 Å². The number of halogens is 4. The Labute approximate surface area is 133 Å². The molecule has 0 N–H and O–H groups in total. The Morgan fingerprint density at radius 2 is 1.95 bits per heavy atom. The van der Waals surface area contributed by atoms with E-state index in [1.165, 1.54) is 12.1 Å². The first-order valence-corrected chi connectivity index (χ1v) is 7.48. The Hall–Kier alpha value is -1.46. The Bertz CT molecular complexity index is 830. The molecule has 2 nitrogen and oxygen atoms in total. The number of para-hydroxylation sites is 1. The lowest BCUT2D eigenvalue weighted by Gasteiger charge is -2.11. The van der Waals surface area contributed by atoms with Crippen LogP contribution in [0.15, 0.2) is 40.9 Å². The van der Waals surface area contributed by atoms with Crippen LogP contribution in [0.3, 0.4) is 0 Å². The van der Waals surface area contributed by atoms with E-state index < -0.39 is 17.0 Å². The SMILES string of the molecule is CC(Cl)c1nc2c(F)cccc2n1-c1ccc(Br)cc1F. The summed E-state index contributed by atoms with van der Waals surface area (Å²) in [5.74, 6) is -0.494. The average molecular weight is 372 g/mol. The number of rotatable bonds is 2. The predicted molar refractivity (Wildman–Crippen MR) is 83.0 cm³/mol.